The van der Waals surface area contributed by atoms with Gasteiger partial charge in [0.2, 0.25) is 5.91 Å². The molecule has 1 saturated heterocycles. The number of hydrogen-bond donors (Lipinski definition) is 2. The summed E-state index contributed by atoms with van der Waals surface area (Å²) in [6.07, 6.45) is 0.473. The van der Waals surface area contributed by atoms with Crippen molar-refractivity contribution < 1.29 is 14.6 Å². The van der Waals surface area contributed by atoms with Crippen molar-refractivity contribution in [1.82, 2.24) is 4.90 Å². The van der Waals surface area contributed by atoms with Crippen LogP contribution in [0, 0.1) is 5.41 Å². The molecule has 0 bridgehead atoms. The van der Waals surface area contributed by atoms with E-state index in [1.165, 1.54) is 0 Å². The Labute approximate surface area is 96.6 Å². The second kappa shape index (κ2) is 5.61. The highest BCUT2D eigenvalue weighted by Gasteiger charge is 2.35. The quantitative estimate of drug-likeness (QED) is 0.688. The number of aliphatic hydroxyl groups excluding tert-OH is 1. The molecule has 0 aromatic heterocycles. The first-order valence-corrected chi connectivity index (χ1v) is 5.79. The molecule has 1 rings (SSSR count). The Bertz CT molecular complexity index is 241. The van der Waals surface area contributed by atoms with Crippen LogP contribution in [0.25, 0.3) is 0 Å². The molecule has 5 heteroatoms. The van der Waals surface area contributed by atoms with Crippen LogP contribution in [0.5, 0.6) is 0 Å². The van der Waals surface area contributed by atoms with Crippen LogP contribution in [0.2, 0.25) is 0 Å². The molecule has 0 spiro atoms. The maximum atomic E-state index is 12.3. The summed E-state index contributed by atoms with van der Waals surface area (Å²) in [6, 6.07) is 0. The molecule has 0 aromatic rings. The summed E-state index contributed by atoms with van der Waals surface area (Å²) < 4.78 is 5.31. The van der Waals surface area contributed by atoms with E-state index in [4.69, 9.17) is 15.6 Å². The van der Waals surface area contributed by atoms with E-state index in [0.717, 1.165) is 6.42 Å². The topological polar surface area (TPSA) is 75.8 Å². The van der Waals surface area contributed by atoms with Crippen LogP contribution in [-0.2, 0) is 9.53 Å². The Kier molecular flexibility index (Phi) is 4.70. The number of carbonyl (C=O) groups excluding carboxylic acids is 1. The van der Waals surface area contributed by atoms with Crippen molar-refractivity contribution in [1.29, 1.82) is 0 Å². The van der Waals surface area contributed by atoms with Crippen molar-refractivity contribution in [2.24, 2.45) is 11.1 Å². The van der Waals surface area contributed by atoms with Gasteiger partial charge in [-0.2, -0.15) is 0 Å². The summed E-state index contributed by atoms with van der Waals surface area (Å²) >= 11 is 0. The van der Waals surface area contributed by atoms with Crippen molar-refractivity contribution >= 4 is 5.91 Å². The lowest BCUT2D eigenvalue weighted by Gasteiger charge is -2.37. The summed E-state index contributed by atoms with van der Waals surface area (Å²) in [4.78, 5) is 14.0. The molecule has 2 unspecified atom stereocenters. The maximum absolute atomic E-state index is 12.3. The molecule has 1 amide bonds. The Balaban J connectivity index is 2.65. The average Bonchev–Trinajstić information content (AvgIpc) is 2.37. The third kappa shape index (κ3) is 2.72. The van der Waals surface area contributed by atoms with Crippen LogP contribution in [0.4, 0.5) is 0 Å². The lowest BCUT2D eigenvalue weighted by atomic mass is 9.86. The van der Waals surface area contributed by atoms with E-state index in [9.17, 15) is 4.79 Å². The van der Waals surface area contributed by atoms with Crippen molar-refractivity contribution in [3.8, 4) is 0 Å². The molecule has 94 valence electrons. The Morgan fingerprint density at radius 1 is 1.69 bits per heavy atom. The number of amides is 1. The number of nitrogens with two attached hydrogens (primary N) is 1. The first kappa shape index (κ1) is 13.4. The molecule has 0 radical (unpaired) electrons. The number of aliphatic hydroxyl groups is 1. The van der Waals surface area contributed by atoms with Crippen molar-refractivity contribution in [2.45, 2.75) is 26.4 Å². The van der Waals surface area contributed by atoms with Crippen molar-refractivity contribution in [3.05, 3.63) is 0 Å². The molecule has 1 aliphatic rings. The monoisotopic (exact) mass is 230 g/mol. The Morgan fingerprint density at radius 3 is 2.88 bits per heavy atom. The Morgan fingerprint density at radius 2 is 2.38 bits per heavy atom. The molecule has 3 N–H and O–H groups in total. The van der Waals surface area contributed by atoms with Crippen LogP contribution in [0.15, 0.2) is 0 Å². The molecule has 5 nitrogen and oxygen atoms in total. The van der Waals surface area contributed by atoms with E-state index in [1.54, 1.807) is 4.90 Å². The van der Waals surface area contributed by atoms with Crippen LogP contribution < -0.4 is 5.73 Å². The molecule has 0 aliphatic carbocycles. The summed E-state index contributed by atoms with van der Waals surface area (Å²) in [7, 11) is 0. The van der Waals surface area contributed by atoms with Gasteiger partial charge in [0.15, 0.2) is 0 Å². The number of ether oxygens (including phenoxy) is 1. The molecule has 0 saturated carbocycles. The average molecular weight is 230 g/mol. The minimum absolute atomic E-state index is 0.0464. The molecular weight excluding hydrogens is 208 g/mol. The van der Waals surface area contributed by atoms with Crippen LogP contribution in [0.3, 0.4) is 0 Å². The zero-order valence-electron chi connectivity index (χ0n) is 10.1. The van der Waals surface area contributed by atoms with Gasteiger partial charge in [0.1, 0.15) is 0 Å². The second-order valence-electron chi connectivity index (χ2n) is 4.54. The molecular formula is C11H22N2O3. The smallest absolute Gasteiger partial charge is 0.229 e. The fourth-order valence-corrected chi connectivity index (χ4v) is 1.78. The van der Waals surface area contributed by atoms with Gasteiger partial charge < -0.3 is 20.5 Å². The molecule has 16 heavy (non-hydrogen) atoms. The van der Waals surface area contributed by atoms with Crippen LogP contribution in [-0.4, -0.2) is 54.9 Å². The first-order valence-electron chi connectivity index (χ1n) is 5.79. The van der Waals surface area contributed by atoms with Crippen molar-refractivity contribution in [3.63, 3.8) is 0 Å². The van der Waals surface area contributed by atoms with E-state index >= 15 is 0 Å². The van der Waals surface area contributed by atoms with E-state index in [-0.39, 0.29) is 18.6 Å². The summed E-state index contributed by atoms with van der Waals surface area (Å²) in [5, 5.41) is 9.02. The lowest BCUT2D eigenvalue weighted by molar-refractivity contribution is -0.149. The van der Waals surface area contributed by atoms with Gasteiger partial charge in [0.05, 0.1) is 24.7 Å². The second-order valence-corrected chi connectivity index (χ2v) is 4.54. The van der Waals surface area contributed by atoms with Crippen LogP contribution >= 0.6 is 0 Å². The van der Waals surface area contributed by atoms with Gasteiger partial charge in [-0.25, -0.2) is 0 Å². The maximum Gasteiger partial charge on any atom is 0.229 e. The SMILES string of the molecule is CCC(C)(CN)C(=O)N1CCOC(CO)C1. The van der Waals surface area contributed by atoms with E-state index < -0.39 is 5.41 Å². The number of carbonyl (C=O) groups is 1. The highest BCUT2D eigenvalue weighted by atomic mass is 16.5. The van der Waals surface area contributed by atoms with Gasteiger partial charge in [0, 0.05) is 19.6 Å². The van der Waals surface area contributed by atoms with E-state index in [0.29, 0.717) is 26.2 Å². The minimum Gasteiger partial charge on any atom is -0.394 e. The first-order chi connectivity index (χ1) is 7.57. The minimum atomic E-state index is -0.489. The predicted molar refractivity (Wildman–Crippen MR) is 60.9 cm³/mol. The molecule has 1 aliphatic heterocycles. The fourth-order valence-electron chi connectivity index (χ4n) is 1.78. The third-order valence-electron chi connectivity index (χ3n) is 3.38. The lowest BCUT2D eigenvalue weighted by Crippen LogP contribution is -2.53. The normalized spacial score (nSPS) is 25.2. The zero-order chi connectivity index (χ0) is 12.2. The Hall–Kier alpha value is -0.650. The summed E-state index contributed by atoms with van der Waals surface area (Å²) in [6.45, 7) is 5.70. The van der Waals surface area contributed by atoms with Gasteiger partial charge in [-0.3, -0.25) is 4.79 Å². The van der Waals surface area contributed by atoms with Crippen molar-refractivity contribution in [2.75, 3.05) is 32.8 Å². The van der Waals surface area contributed by atoms with Gasteiger partial charge in [-0.05, 0) is 13.3 Å². The molecule has 0 aromatic carbocycles. The van der Waals surface area contributed by atoms with E-state index in [1.807, 2.05) is 13.8 Å². The van der Waals surface area contributed by atoms with Gasteiger partial charge >= 0.3 is 0 Å². The van der Waals surface area contributed by atoms with Gasteiger partial charge in [0.25, 0.3) is 0 Å². The number of morpholine rings is 1. The van der Waals surface area contributed by atoms with E-state index in [2.05, 4.69) is 0 Å². The van der Waals surface area contributed by atoms with Crippen LogP contribution in [0.1, 0.15) is 20.3 Å². The highest BCUT2D eigenvalue weighted by Crippen LogP contribution is 2.23. The number of hydrogen-bond acceptors (Lipinski definition) is 4. The van der Waals surface area contributed by atoms with Gasteiger partial charge in [-0.15, -0.1) is 0 Å². The highest BCUT2D eigenvalue weighted by molar-refractivity contribution is 5.82. The fraction of sp³-hybridized carbons (Fsp3) is 0.909. The third-order valence-corrected chi connectivity index (χ3v) is 3.38. The molecule has 1 heterocycles. The zero-order valence-corrected chi connectivity index (χ0v) is 10.1. The van der Waals surface area contributed by atoms with Gasteiger partial charge in [-0.1, -0.05) is 6.92 Å². The number of nitrogens with zero attached hydrogens (tertiary/aromatic N) is 1. The largest absolute Gasteiger partial charge is 0.394 e. The molecule has 2 atom stereocenters. The summed E-state index contributed by atoms with van der Waals surface area (Å²) in [5.41, 5.74) is 5.18. The molecule has 1 fully saturated rings. The predicted octanol–water partition coefficient (Wildman–Crippen LogP) is -0.419. The number of rotatable bonds is 4. The standard InChI is InChI=1S/C11H22N2O3/c1-3-11(2,8-12)10(15)13-4-5-16-9(6-13)7-14/h9,14H,3-8,12H2,1-2H3. The summed E-state index contributed by atoms with van der Waals surface area (Å²) in [5.74, 6) is 0.0688.